The minimum absolute atomic E-state index is 0.363. The van der Waals surface area contributed by atoms with E-state index in [2.05, 4.69) is 15.3 Å². The van der Waals surface area contributed by atoms with Crippen LogP contribution in [0.15, 0.2) is 24.7 Å². The number of halogens is 1. The fraction of sp³-hybridized carbons (Fsp3) is 0.500. The van der Waals surface area contributed by atoms with Crippen LogP contribution < -0.4 is 10.2 Å². The third-order valence-corrected chi connectivity index (χ3v) is 6.37. The molecule has 0 saturated heterocycles. The first-order chi connectivity index (χ1) is 13.9. The molecule has 1 atom stereocenters. The Morgan fingerprint density at radius 1 is 1.31 bits per heavy atom. The second-order valence-electron chi connectivity index (χ2n) is 7.44. The van der Waals surface area contributed by atoms with Gasteiger partial charge in [0.2, 0.25) is 0 Å². The summed E-state index contributed by atoms with van der Waals surface area (Å²) in [5.41, 5.74) is 0.845. The first-order valence-electron chi connectivity index (χ1n) is 9.72. The molecule has 2 aromatic rings. The number of anilines is 1. The number of nitrogens with zero attached hydrogens (tertiary/aromatic N) is 3. The molecule has 1 aliphatic rings. The zero-order valence-corrected chi connectivity index (χ0v) is 17.9. The minimum atomic E-state index is -0.984. The third-order valence-electron chi connectivity index (χ3n) is 5.18. The van der Waals surface area contributed by atoms with Crippen LogP contribution in [0.5, 0.6) is 0 Å². The van der Waals surface area contributed by atoms with E-state index >= 15 is 0 Å². The maximum atomic E-state index is 12.6. The van der Waals surface area contributed by atoms with Gasteiger partial charge in [0.15, 0.2) is 0 Å². The molecule has 1 fully saturated rings. The molecule has 1 amide bonds. The van der Waals surface area contributed by atoms with Gasteiger partial charge in [0.1, 0.15) is 15.9 Å². The van der Waals surface area contributed by atoms with Gasteiger partial charge in [-0.2, -0.15) is 0 Å². The van der Waals surface area contributed by atoms with Gasteiger partial charge in [0.05, 0.1) is 29.6 Å². The van der Waals surface area contributed by atoms with E-state index in [1.165, 1.54) is 24.0 Å². The Morgan fingerprint density at radius 3 is 2.76 bits per heavy atom. The first kappa shape index (κ1) is 21.5. The zero-order chi connectivity index (χ0) is 20.8. The number of aromatic nitrogens is 2. The number of carboxylic acids is 1. The third kappa shape index (κ3) is 6.14. The normalized spacial score (nSPS) is 15.7. The molecular formula is C20H25ClN4O3S. The number of pyridine rings is 1. The lowest BCUT2D eigenvalue weighted by molar-refractivity contribution is -0.139. The Hall–Kier alpha value is -2.19. The zero-order valence-electron chi connectivity index (χ0n) is 16.3. The molecular weight excluding hydrogens is 412 g/mol. The molecule has 3 rings (SSSR count). The number of nitrogens with one attached hydrogen (secondary N) is 1. The summed E-state index contributed by atoms with van der Waals surface area (Å²) in [5.74, 6) is -1.01. The second-order valence-corrected chi connectivity index (χ2v) is 8.99. The Kier molecular flexibility index (Phi) is 7.44. The monoisotopic (exact) mass is 436 g/mol. The van der Waals surface area contributed by atoms with E-state index in [9.17, 15) is 14.7 Å². The van der Waals surface area contributed by atoms with Crippen molar-refractivity contribution in [1.82, 2.24) is 15.3 Å². The molecule has 2 aromatic heterocycles. The van der Waals surface area contributed by atoms with Crippen molar-refractivity contribution in [1.29, 1.82) is 0 Å². The molecule has 9 heteroatoms. The summed E-state index contributed by atoms with van der Waals surface area (Å²) in [5, 5.41) is 13.5. The fourth-order valence-electron chi connectivity index (χ4n) is 3.60. The molecule has 0 aromatic carbocycles. The molecule has 0 aliphatic heterocycles. The number of hydrogen-bond acceptors (Lipinski definition) is 6. The molecule has 1 aliphatic carbocycles. The first-order valence-corrected chi connectivity index (χ1v) is 10.9. The van der Waals surface area contributed by atoms with Crippen molar-refractivity contribution in [3.63, 3.8) is 0 Å². The van der Waals surface area contributed by atoms with Crippen molar-refractivity contribution in [3.8, 4) is 0 Å². The molecule has 156 valence electrons. The SMILES string of the molecule is CN(Cc1ncc(C(=O)N[C@@H](CC2CCCCC2)C(=O)O)s1)c1cncc(Cl)c1. The lowest BCUT2D eigenvalue weighted by Gasteiger charge is -2.24. The minimum Gasteiger partial charge on any atom is -0.480 e. The number of carbonyl (C=O) groups is 2. The lowest BCUT2D eigenvalue weighted by atomic mass is 9.85. The number of rotatable bonds is 8. The van der Waals surface area contributed by atoms with Gasteiger partial charge in [-0.15, -0.1) is 11.3 Å². The van der Waals surface area contributed by atoms with Crippen LogP contribution >= 0.6 is 22.9 Å². The Labute approximate surface area is 179 Å². The van der Waals surface area contributed by atoms with E-state index in [0.29, 0.717) is 28.8 Å². The molecule has 0 spiro atoms. The summed E-state index contributed by atoms with van der Waals surface area (Å²) >= 11 is 7.24. The van der Waals surface area contributed by atoms with Gasteiger partial charge >= 0.3 is 5.97 Å². The molecule has 0 radical (unpaired) electrons. The van der Waals surface area contributed by atoms with E-state index in [0.717, 1.165) is 36.4 Å². The van der Waals surface area contributed by atoms with Crippen molar-refractivity contribution in [2.24, 2.45) is 5.92 Å². The number of carboxylic acid groups (broad SMARTS) is 1. The standard InChI is InChI=1S/C20H25ClN4O3S/c1-25(15-8-14(21)9-22-10-15)12-18-23-11-17(29-18)19(26)24-16(20(27)28)7-13-5-3-2-4-6-13/h8-11,13,16H,2-7,12H2,1H3,(H,24,26)(H,27,28)/t16-/m0/s1. The largest absolute Gasteiger partial charge is 0.480 e. The summed E-state index contributed by atoms with van der Waals surface area (Å²) in [6.45, 7) is 0.490. The Morgan fingerprint density at radius 2 is 2.07 bits per heavy atom. The summed E-state index contributed by atoms with van der Waals surface area (Å²) in [7, 11) is 1.89. The molecule has 1 saturated carbocycles. The molecule has 0 unspecified atom stereocenters. The van der Waals surface area contributed by atoms with Crippen LogP contribution in [0, 0.1) is 5.92 Å². The van der Waals surface area contributed by atoms with E-state index in [-0.39, 0.29) is 5.91 Å². The van der Waals surface area contributed by atoms with E-state index in [4.69, 9.17) is 11.6 Å². The average molecular weight is 437 g/mol. The van der Waals surface area contributed by atoms with Crippen molar-refractivity contribution in [2.45, 2.75) is 51.1 Å². The van der Waals surface area contributed by atoms with Crippen molar-refractivity contribution in [3.05, 3.63) is 39.6 Å². The van der Waals surface area contributed by atoms with Crippen LogP contribution in [0.4, 0.5) is 5.69 Å². The van der Waals surface area contributed by atoms with Crippen molar-refractivity contribution < 1.29 is 14.7 Å². The number of thiazole rings is 1. The summed E-state index contributed by atoms with van der Waals surface area (Å²) < 4.78 is 0. The molecule has 2 heterocycles. The van der Waals surface area contributed by atoms with Gasteiger partial charge < -0.3 is 15.3 Å². The number of amides is 1. The number of hydrogen-bond donors (Lipinski definition) is 2. The van der Waals surface area contributed by atoms with E-state index < -0.39 is 12.0 Å². The highest BCUT2D eigenvalue weighted by molar-refractivity contribution is 7.13. The van der Waals surface area contributed by atoms with Gasteiger partial charge in [-0.25, -0.2) is 9.78 Å². The van der Waals surface area contributed by atoms with Gasteiger partial charge in [0.25, 0.3) is 5.91 Å². The Balaban J connectivity index is 1.59. The highest BCUT2D eigenvalue weighted by Crippen LogP contribution is 2.27. The van der Waals surface area contributed by atoms with Crippen LogP contribution in [-0.2, 0) is 11.3 Å². The van der Waals surface area contributed by atoms with E-state index in [1.807, 2.05) is 11.9 Å². The van der Waals surface area contributed by atoms with Gasteiger partial charge in [-0.3, -0.25) is 9.78 Å². The van der Waals surface area contributed by atoms with Gasteiger partial charge in [-0.05, 0) is 18.4 Å². The quantitative estimate of drug-likeness (QED) is 0.649. The highest BCUT2D eigenvalue weighted by atomic mass is 35.5. The van der Waals surface area contributed by atoms with Crippen molar-refractivity contribution >= 4 is 40.5 Å². The predicted octanol–water partition coefficient (Wildman–Crippen LogP) is 3.98. The fourth-order valence-corrected chi connectivity index (χ4v) is 4.64. The molecule has 0 bridgehead atoms. The second kappa shape index (κ2) is 10.0. The van der Waals surface area contributed by atoms with Crippen LogP contribution in [-0.4, -0.2) is 40.0 Å². The van der Waals surface area contributed by atoms with Crippen molar-refractivity contribution in [2.75, 3.05) is 11.9 Å². The van der Waals surface area contributed by atoms with Crippen LogP contribution in [0.3, 0.4) is 0 Å². The molecule has 7 nitrogen and oxygen atoms in total. The predicted molar refractivity (Wildman–Crippen MR) is 114 cm³/mol. The molecule has 29 heavy (non-hydrogen) atoms. The Bertz CT molecular complexity index is 854. The number of aliphatic carboxylic acids is 1. The lowest BCUT2D eigenvalue weighted by Crippen LogP contribution is -2.42. The highest BCUT2D eigenvalue weighted by Gasteiger charge is 2.26. The topological polar surface area (TPSA) is 95.4 Å². The summed E-state index contributed by atoms with van der Waals surface area (Å²) in [4.78, 5) is 34.9. The average Bonchev–Trinajstić information content (AvgIpc) is 3.16. The van der Waals surface area contributed by atoms with E-state index in [1.54, 1.807) is 18.5 Å². The number of carbonyl (C=O) groups excluding carboxylic acids is 1. The van der Waals surface area contributed by atoms with Crippen LogP contribution in [0.2, 0.25) is 5.02 Å². The van der Waals surface area contributed by atoms with Crippen LogP contribution in [0.25, 0.3) is 0 Å². The maximum absolute atomic E-state index is 12.6. The van der Waals surface area contributed by atoms with Crippen LogP contribution in [0.1, 0.15) is 53.2 Å². The smallest absolute Gasteiger partial charge is 0.326 e. The summed E-state index contributed by atoms with van der Waals surface area (Å²) in [6.07, 6.45) is 10.8. The van der Waals surface area contributed by atoms with Gasteiger partial charge in [-0.1, -0.05) is 43.7 Å². The summed E-state index contributed by atoms with van der Waals surface area (Å²) in [6, 6.07) is 0.940. The molecule has 2 N–H and O–H groups in total. The maximum Gasteiger partial charge on any atom is 0.326 e. The van der Waals surface area contributed by atoms with Gasteiger partial charge in [0, 0.05) is 13.2 Å².